The maximum absolute atomic E-state index is 4.15. The molecule has 3 rings (SSSR count). The summed E-state index contributed by atoms with van der Waals surface area (Å²) in [5.41, 5.74) is 4.05. The van der Waals surface area contributed by atoms with Crippen LogP contribution in [0.5, 0.6) is 0 Å². The van der Waals surface area contributed by atoms with E-state index in [4.69, 9.17) is 0 Å². The fourth-order valence-corrected chi connectivity index (χ4v) is 1.73. The van der Waals surface area contributed by atoms with Gasteiger partial charge in [-0.25, -0.2) is 5.21 Å². The zero-order valence-corrected chi connectivity index (χ0v) is 9.59. The number of benzene rings is 2. The third kappa shape index (κ3) is 2.36. The van der Waals surface area contributed by atoms with Gasteiger partial charge in [-0.15, -0.1) is 30.2 Å². The second kappa shape index (κ2) is 5.09. The maximum atomic E-state index is 4.15. The van der Waals surface area contributed by atoms with Gasteiger partial charge in [0.15, 0.2) is 0 Å². The molecule has 1 N–H and O–H groups in total. The van der Waals surface area contributed by atoms with Crippen molar-refractivity contribution in [1.29, 1.82) is 0 Å². The van der Waals surface area contributed by atoms with Gasteiger partial charge in [0.25, 0.3) is 0 Å². The second-order valence-corrected chi connectivity index (χ2v) is 3.59. The molecule has 0 saturated heterocycles. The quantitative estimate of drug-likeness (QED) is 0.465. The zero-order valence-electron chi connectivity index (χ0n) is 9.59. The Morgan fingerprint density at radius 3 is 2.53 bits per heavy atom. The molecule has 0 amide bonds. The second-order valence-electron chi connectivity index (χ2n) is 3.59. The van der Waals surface area contributed by atoms with Crippen molar-refractivity contribution in [3.05, 3.63) is 66.1 Å². The number of rotatable bonds is 2. The largest absolute Gasteiger partial charge is 1.00 e. The third-order valence-electron chi connectivity index (χ3n) is 2.50. The third-order valence-corrected chi connectivity index (χ3v) is 2.50. The van der Waals surface area contributed by atoms with Crippen molar-refractivity contribution < 1.29 is 18.9 Å². The van der Waals surface area contributed by atoms with Crippen molar-refractivity contribution in [1.82, 2.24) is 15.4 Å². The van der Waals surface area contributed by atoms with Crippen LogP contribution in [0.4, 0.5) is 0 Å². The van der Waals surface area contributed by atoms with Crippen LogP contribution in [0.1, 0.15) is 11.1 Å². The minimum atomic E-state index is 0. The topological polar surface area (TPSA) is 41.6 Å². The SMILES string of the molecule is [Li+].c1ccc([CH-]c2cccc3n[nH]nc23)cc1. The molecule has 1 aromatic heterocycles. The molecule has 4 heteroatoms. The predicted molar refractivity (Wildman–Crippen MR) is 62.8 cm³/mol. The monoisotopic (exact) mass is 215 g/mol. The van der Waals surface area contributed by atoms with E-state index in [2.05, 4.69) is 34.0 Å². The number of H-pyrrole nitrogens is 1. The molecule has 78 valence electrons. The molecule has 3 aromatic rings. The van der Waals surface area contributed by atoms with Crippen molar-refractivity contribution >= 4 is 11.0 Å². The average Bonchev–Trinajstić information content (AvgIpc) is 2.80. The van der Waals surface area contributed by atoms with Gasteiger partial charge in [-0.05, 0) is 6.07 Å². The summed E-state index contributed by atoms with van der Waals surface area (Å²) in [4.78, 5) is 0. The number of para-hydroxylation sites is 1. The molecule has 0 unspecified atom stereocenters. The van der Waals surface area contributed by atoms with Crippen LogP contribution in [0.15, 0.2) is 48.5 Å². The Morgan fingerprint density at radius 2 is 1.71 bits per heavy atom. The van der Waals surface area contributed by atoms with Crippen LogP contribution >= 0.6 is 0 Å². The number of aromatic nitrogens is 3. The fraction of sp³-hybridized carbons (Fsp3) is 0. The van der Waals surface area contributed by atoms with Gasteiger partial charge in [-0.3, -0.25) is 0 Å². The summed E-state index contributed by atoms with van der Waals surface area (Å²) in [5, 5.41) is 10.9. The van der Waals surface area contributed by atoms with Crippen LogP contribution < -0.4 is 18.9 Å². The Bertz CT molecular complexity index is 604. The van der Waals surface area contributed by atoms with E-state index in [0.29, 0.717) is 0 Å². The van der Waals surface area contributed by atoms with Crippen LogP contribution in [0.25, 0.3) is 11.0 Å². The van der Waals surface area contributed by atoms with Gasteiger partial charge < -0.3 is 0 Å². The van der Waals surface area contributed by atoms with Gasteiger partial charge in [-0.1, -0.05) is 29.8 Å². The number of aromatic amines is 1. The normalized spacial score (nSPS) is 9.88. The van der Waals surface area contributed by atoms with Crippen LogP contribution in [0, 0.1) is 6.42 Å². The minimum absolute atomic E-state index is 0. The van der Waals surface area contributed by atoms with Gasteiger partial charge in [0.2, 0.25) is 0 Å². The smallest absolute Gasteiger partial charge is 0.205 e. The molecule has 17 heavy (non-hydrogen) atoms. The number of nitrogens with zero attached hydrogens (tertiary/aromatic N) is 2. The molecule has 0 radical (unpaired) electrons. The minimum Gasteiger partial charge on any atom is -0.205 e. The van der Waals surface area contributed by atoms with E-state index in [0.717, 1.165) is 22.2 Å². The zero-order chi connectivity index (χ0) is 10.8. The van der Waals surface area contributed by atoms with Crippen LogP contribution in [-0.2, 0) is 0 Å². The molecule has 0 bridgehead atoms. The van der Waals surface area contributed by atoms with Crippen LogP contribution in [-0.4, -0.2) is 15.4 Å². The summed E-state index contributed by atoms with van der Waals surface area (Å²) in [6.45, 7) is 0. The van der Waals surface area contributed by atoms with Crippen molar-refractivity contribution in [3.63, 3.8) is 0 Å². The van der Waals surface area contributed by atoms with E-state index in [-0.39, 0.29) is 18.9 Å². The molecule has 2 aromatic carbocycles. The summed E-state index contributed by atoms with van der Waals surface area (Å²) in [6, 6.07) is 16.2. The van der Waals surface area contributed by atoms with E-state index in [1.165, 1.54) is 0 Å². The van der Waals surface area contributed by atoms with Gasteiger partial charge in [-0.2, -0.15) is 10.2 Å². The number of nitrogens with one attached hydrogen (secondary N) is 1. The van der Waals surface area contributed by atoms with Crippen molar-refractivity contribution in [2.75, 3.05) is 0 Å². The first-order valence-electron chi connectivity index (χ1n) is 5.13. The molecule has 0 aliphatic rings. The van der Waals surface area contributed by atoms with Crippen molar-refractivity contribution in [2.24, 2.45) is 0 Å². The molecule has 0 atom stereocenters. The molecule has 3 nitrogen and oxygen atoms in total. The van der Waals surface area contributed by atoms with Gasteiger partial charge in [0.1, 0.15) is 0 Å². The molecule has 1 heterocycles. The Hall–Kier alpha value is -1.69. The van der Waals surface area contributed by atoms with E-state index in [1.807, 2.05) is 36.4 Å². The Morgan fingerprint density at radius 1 is 0.882 bits per heavy atom. The summed E-state index contributed by atoms with van der Waals surface area (Å²) < 4.78 is 0. The first kappa shape index (κ1) is 11.8. The fourth-order valence-electron chi connectivity index (χ4n) is 1.73. The summed E-state index contributed by atoms with van der Waals surface area (Å²) in [6.07, 6.45) is 2.10. The van der Waals surface area contributed by atoms with Gasteiger partial charge in [0.05, 0.1) is 11.0 Å². The molecule has 0 aliphatic carbocycles. The number of hydrogen-bond acceptors (Lipinski definition) is 2. The van der Waals surface area contributed by atoms with E-state index >= 15 is 0 Å². The standard InChI is InChI=1S/C13H10N3.Li/c1-2-5-10(6-3-1)9-11-7-4-8-12-13(11)15-16-14-12;/h1-9H,(H,14,15,16);/q-1;+1. The van der Waals surface area contributed by atoms with E-state index in [1.54, 1.807) is 0 Å². The summed E-state index contributed by atoms with van der Waals surface area (Å²) in [5.74, 6) is 0. The van der Waals surface area contributed by atoms with Crippen molar-refractivity contribution in [2.45, 2.75) is 0 Å². The first-order chi connectivity index (χ1) is 7.93. The average molecular weight is 215 g/mol. The first-order valence-corrected chi connectivity index (χ1v) is 5.13. The van der Waals surface area contributed by atoms with Crippen LogP contribution in [0.2, 0.25) is 0 Å². The molecule has 0 aliphatic heterocycles. The van der Waals surface area contributed by atoms with Gasteiger partial charge >= 0.3 is 18.9 Å². The summed E-state index contributed by atoms with van der Waals surface area (Å²) in [7, 11) is 0. The molecule has 0 saturated carbocycles. The van der Waals surface area contributed by atoms with Gasteiger partial charge in [0, 0.05) is 0 Å². The molecule has 0 fully saturated rings. The van der Waals surface area contributed by atoms with Crippen LogP contribution in [0.3, 0.4) is 0 Å². The Kier molecular flexibility index (Phi) is 3.53. The van der Waals surface area contributed by atoms with Crippen molar-refractivity contribution in [3.8, 4) is 0 Å². The molecule has 0 spiro atoms. The number of fused-ring (bicyclic) bond motifs is 1. The molecular weight excluding hydrogens is 205 g/mol. The predicted octanol–water partition coefficient (Wildman–Crippen LogP) is -0.437. The number of hydrogen-bond donors (Lipinski definition) is 1. The molecular formula is C13H10LiN3. The Labute approximate surface area is 111 Å². The van der Waals surface area contributed by atoms with E-state index in [9.17, 15) is 0 Å². The maximum Gasteiger partial charge on any atom is 1.00 e. The Balaban J connectivity index is 0.00000108. The summed E-state index contributed by atoms with van der Waals surface area (Å²) >= 11 is 0. The van der Waals surface area contributed by atoms with E-state index < -0.39 is 0 Å².